The number of nitrogens with one attached hydrogen (secondary N) is 3. The van der Waals surface area contributed by atoms with Crippen LogP contribution in [-0.2, 0) is 24.0 Å². The zero-order chi connectivity index (χ0) is 69.1. The predicted octanol–water partition coefficient (Wildman–Crippen LogP) is 21.5. The molecule has 6 aromatic heterocycles. The summed E-state index contributed by atoms with van der Waals surface area (Å²) in [5, 5.41) is 17.6. The summed E-state index contributed by atoms with van der Waals surface area (Å²) >= 11 is 2.81. The number of sulfone groups is 1. The van der Waals surface area contributed by atoms with Gasteiger partial charge in [0.2, 0.25) is 6.79 Å². The summed E-state index contributed by atoms with van der Waals surface area (Å²) < 4.78 is 50.4. The molecule has 3 N–H and O–H groups in total. The van der Waals surface area contributed by atoms with Gasteiger partial charge in [0.15, 0.2) is 16.2 Å². The zero-order valence-corrected chi connectivity index (χ0v) is 60.6. The van der Waals surface area contributed by atoms with Gasteiger partial charge < -0.3 is 28.0 Å². The molecule has 87 heavy (non-hydrogen) atoms. The van der Waals surface area contributed by atoms with Crippen molar-refractivity contribution in [2.75, 3.05) is 19.9 Å². The highest BCUT2D eigenvalue weighted by molar-refractivity contribution is 7.97. The maximum atomic E-state index is 10.3. The normalized spacial score (nSPS) is 10.9. The molecule has 0 fully saturated rings. The van der Waals surface area contributed by atoms with Crippen molar-refractivity contribution in [3.63, 3.8) is 0 Å². The highest BCUT2D eigenvalue weighted by Crippen LogP contribution is 2.05. The third-order valence-electron chi connectivity index (χ3n) is 5.86. The number of hydrogen-bond donors (Lipinski definition) is 3. The maximum absolute atomic E-state index is 10.3. The number of allylic oxidation sites excluding steroid dienone is 8. The minimum absolute atomic E-state index is 0.389. The Kier molecular flexibility index (Phi) is 165. The van der Waals surface area contributed by atoms with E-state index in [1.165, 1.54) is 80.8 Å². The second-order valence-electron chi connectivity index (χ2n) is 10.6. The number of aromatic nitrogens is 9. The van der Waals surface area contributed by atoms with Gasteiger partial charge in [-0.1, -0.05) is 203 Å². The number of nitrogens with zero attached hydrogens (tertiary/aromatic N) is 8. The lowest BCUT2D eigenvalue weighted by atomic mass is 10.4. The van der Waals surface area contributed by atoms with E-state index in [1.54, 1.807) is 85.2 Å². The molecule has 0 unspecified atom stereocenters. The SMILES string of the molecule is C1=CCC=C1.C1=CCCC1.C1=CN=NC1.C1=COCC1.C1=COCO1.CC.CC.CC.CC.CC.CC.CC.CC.CC.CC.CC.CC.O=S1(=O)C=CC=C1.O=c1[nH]cco1.c1c[nH]cn1.c1cn[nH]c1.c1cnsn1.c1cocn1.c1cscn1. The number of hydrogen-bond acceptors (Lipinski definition) is 18. The van der Waals surface area contributed by atoms with Gasteiger partial charge in [0.25, 0.3) is 0 Å². The van der Waals surface area contributed by atoms with Crippen LogP contribution in [0, 0.1) is 0 Å². The van der Waals surface area contributed by atoms with Crippen LogP contribution in [0.3, 0.4) is 0 Å². The summed E-state index contributed by atoms with van der Waals surface area (Å²) in [4.78, 5) is 25.8. The second-order valence-corrected chi connectivity index (χ2v) is 13.7. The molecule has 0 atom stereocenters. The topological polar surface area (TPSA) is 255 Å². The minimum Gasteiger partial charge on any atom is -0.501 e. The standard InChI is InChI=1S/C5H8.C5H6.C4H4O2S.C4H6O.3C3H4N2.C3H3NO2.C3H3NO.C3H3NS.C3H4O2.C2H2N2S.12C2H6/c2*1-2-4-5-3-1;5-7(6)3-1-2-4-7;1-2-4-5-3-1;1-2-5-3-4-1;2*1-2-4-5-3-1;5-3-4-1-2-6-3;3*1-2-5-3-4-1;1-2-4-5-3-1;12*1-2/h1-2H,3-5H2;1-4H,5H2;1-4H;1,3H,2,4H2;1-3H,(H,4,5);1-2H,3H2;1-3H,(H,4,5);1-2H,(H,4,5);2*1-3H;1-2H,3H2;1-2H;12*1-2H3. The quantitative estimate of drug-likeness (QED) is 0.120. The average Bonchev–Trinajstić information content (AvgIpc) is 4.44. The molecule has 0 bridgehead atoms. The van der Waals surface area contributed by atoms with E-state index in [2.05, 4.69) is 109 Å². The van der Waals surface area contributed by atoms with Crippen molar-refractivity contribution in [1.29, 1.82) is 0 Å². The molecule has 0 radical (unpaired) electrons. The van der Waals surface area contributed by atoms with Gasteiger partial charge >= 0.3 is 5.76 Å². The van der Waals surface area contributed by atoms with Gasteiger partial charge in [-0.05, 0) is 56.1 Å². The van der Waals surface area contributed by atoms with Crippen LogP contribution in [0.25, 0.3) is 0 Å². The van der Waals surface area contributed by atoms with Gasteiger partial charge in [0.1, 0.15) is 25.1 Å². The Morgan fingerprint density at radius 2 is 1.11 bits per heavy atom. The Labute approximate surface area is 538 Å². The third-order valence-corrected chi connectivity index (χ3v) is 7.89. The first kappa shape index (κ1) is 108. The molecule has 0 saturated carbocycles. The number of ether oxygens (including phenoxy) is 3. The Bertz CT molecular complexity index is 1820. The van der Waals surface area contributed by atoms with E-state index in [4.69, 9.17) is 4.74 Å². The molecule has 19 nitrogen and oxygen atoms in total. The first-order chi connectivity index (χ1) is 43.1. The number of rotatable bonds is 0. The monoisotopic (exact) mass is 1280 g/mol. The first-order valence-corrected chi connectivity index (χ1v) is 34.0. The van der Waals surface area contributed by atoms with E-state index in [1.807, 2.05) is 190 Å². The smallest absolute Gasteiger partial charge is 0.416 e. The summed E-state index contributed by atoms with van der Waals surface area (Å²) in [5.41, 5.74) is 1.79. The molecule has 12 rings (SSSR count). The second kappa shape index (κ2) is 133. The van der Waals surface area contributed by atoms with E-state index in [0.717, 1.165) is 36.8 Å². The molecule has 2 aliphatic carbocycles. The molecule has 0 saturated heterocycles. The molecule has 6 aromatic rings. The lowest BCUT2D eigenvalue weighted by Gasteiger charge is -1.82. The van der Waals surface area contributed by atoms with Crippen molar-refractivity contribution in [1.82, 2.24) is 43.9 Å². The summed E-state index contributed by atoms with van der Waals surface area (Å²) in [7, 11) is -2.91. The number of H-pyrrole nitrogens is 3. The third kappa shape index (κ3) is 134. The lowest BCUT2D eigenvalue weighted by Crippen LogP contribution is -1.91. The van der Waals surface area contributed by atoms with E-state index in [0.29, 0.717) is 6.79 Å². The molecular weight excluding hydrogens is 1160 g/mol. The number of thiazole rings is 1. The van der Waals surface area contributed by atoms with Crippen molar-refractivity contribution in [2.24, 2.45) is 10.2 Å². The molecular formula is C65H123N11O8S3. The van der Waals surface area contributed by atoms with Gasteiger partial charge in [-0.15, -0.1) is 11.3 Å². The van der Waals surface area contributed by atoms with Crippen molar-refractivity contribution >= 4 is 32.9 Å². The molecule has 6 aliphatic rings. The summed E-state index contributed by atoms with van der Waals surface area (Å²) in [6.45, 7) is 50.1. The summed E-state index contributed by atoms with van der Waals surface area (Å²) in [6.07, 6.45) is 53.3. The van der Waals surface area contributed by atoms with Crippen molar-refractivity contribution in [3.05, 3.63) is 205 Å². The number of imidazole rings is 1. The molecule has 10 heterocycles. The van der Waals surface area contributed by atoms with Crippen LogP contribution in [0.4, 0.5) is 0 Å². The molecule has 0 aromatic carbocycles. The fourth-order valence-corrected chi connectivity index (χ4v) is 4.59. The Balaban J connectivity index is -0.0000000684. The average molecular weight is 1280 g/mol. The fourth-order valence-electron chi connectivity index (χ4n) is 3.26. The van der Waals surface area contributed by atoms with Crippen molar-refractivity contribution in [3.8, 4) is 0 Å². The molecule has 4 aliphatic heterocycles. The van der Waals surface area contributed by atoms with Gasteiger partial charge in [-0.25, -0.2) is 23.2 Å². The molecule has 0 amide bonds. The highest BCUT2D eigenvalue weighted by atomic mass is 32.2. The number of oxazole rings is 2. The predicted molar refractivity (Wildman–Crippen MR) is 379 cm³/mol. The van der Waals surface area contributed by atoms with Crippen molar-refractivity contribution < 1.29 is 31.5 Å². The maximum Gasteiger partial charge on any atom is 0.416 e. The molecule has 0 spiro atoms. The van der Waals surface area contributed by atoms with Crippen LogP contribution in [0.1, 0.15) is 198 Å². The van der Waals surface area contributed by atoms with E-state index in [-0.39, 0.29) is 0 Å². The minimum atomic E-state index is -2.91. The number of azo groups is 1. The van der Waals surface area contributed by atoms with Crippen LogP contribution in [-0.4, -0.2) is 72.2 Å². The largest absolute Gasteiger partial charge is 0.501 e. The van der Waals surface area contributed by atoms with Crippen LogP contribution >= 0.6 is 23.1 Å². The lowest BCUT2D eigenvalue weighted by molar-refractivity contribution is 0.0920. The van der Waals surface area contributed by atoms with E-state index < -0.39 is 15.6 Å². The van der Waals surface area contributed by atoms with E-state index >= 15 is 0 Å². The van der Waals surface area contributed by atoms with Crippen LogP contribution in [0.5, 0.6) is 0 Å². The molecule has 504 valence electrons. The summed E-state index contributed by atoms with van der Waals surface area (Å²) in [6, 6.07) is 1.83. The fraction of sp³-hybridized carbons (Fsp3) is 0.492. The highest BCUT2D eigenvalue weighted by Gasteiger charge is 2.00. The Hall–Kier alpha value is -7.30. The number of aromatic amines is 3. The zero-order valence-electron chi connectivity index (χ0n) is 58.2. The Morgan fingerprint density at radius 1 is 0.540 bits per heavy atom. The van der Waals surface area contributed by atoms with E-state index in [9.17, 15) is 13.2 Å². The molecule has 22 heteroatoms. The van der Waals surface area contributed by atoms with Gasteiger partial charge in [-0.3, -0.25) is 15.1 Å². The Morgan fingerprint density at radius 3 is 1.25 bits per heavy atom. The summed E-state index contributed by atoms with van der Waals surface area (Å²) in [5.74, 6) is -0.407. The van der Waals surface area contributed by atoms with Gasteiger partial charge in [0.05, 0.1) is 61.6 Å². The van der Waals surface area contributed by atoms with Gasteiger partial charge in [0, 0.05) is 66.0 Å². The first-order valence-electron chi connectivity index (χ1n) is 30.7. The van der Waals surface area contributed by atoms with Crippen LogP contribution < -0.4 is 5.76 Å². The van der Waals surface area contributed by atoms with Crippen LogP contribution in [0.15, 0.2) is 218 Å². The van der Waals surface area contributed by atoms with Crippen molar-refractivity contribution in [2.45, 2.75) is 198 Å². The van der Waals surface area contributed by atoms with Gasteiger partial charge in [-0.2, -0.15) is 24.1 Å². The van der Waals surface area contributed by atoms with Crippen LogP contribution in [0.2, 0.25) is 0 Å².